The first-order valence-corrected chi connectivity index (χ1v) is 0. The molecule has 0 aromatic rings. The zero-order chi connectivity index (χ0) is 0. The van der Waals surface area contributed by atoms with Gasteiger partial charge in [-0.2, -0.15) is 0 Å². The van der Waals surface area contributed by atoms with E-state index in [1.807, 2.05) is 0 Å². The summed E-state index contributed by atoms with van der Waals surface area (Å²) >= 11 is 0. The van der Waals surface area contributed by atoms with Crippen LogP contribution in [0.15, 0.2) is 0 Å². The molecule has 1 nitrogen and oxygen atoms in total. The van der Waals surface area contributed by atoms with Gasteiger partial charge in [-0.05, 0) is 0 Å². The van der Waals surface area contributed by atoms with Crippen LogP contribution in [-0.4, -0.2) is 51.0 Å². The molecular formula is H2LaOSrY. The van der Waals surface area contributed by atoms with Crippen molar-refractivity contribution in [2.24, 2.45) is 0 Å². The topological polar surface area (TPSA) is 30.0 Å². The van der Waals surface area contributed by atoms with Crippen LogP contribution in [0.5, 0.6) is 0 Å². The minimum absolute atomic E-state index is 0. The third-order valence-electron chi connectivity index (χ3n) is 0. The van der Waals surface area contributed by atoms with Gasteiger partial charge >= 0.3 is 45.5 Å². The molecule has 0 aromatic heterocycles. The number of hydrogen-bond acceptors (Lipinski definition) is 1. The summed E-state index contributed by atoms with van der Waals surface area (Å²) in [5.41, 5.74) is 0. The average molecular weight is 333 g/mol. The summed E-state index contributed by atoms with van der Waals surface area (Å²) in [7, 11) is 0. The third-order valence-corrected chi connectivity index (χ3v) is 0. The second kappa shape index (κ2) is 15.9. The van der Waals surface area contributed by atoms with E-state index in [1.54, 1.807) is 0 Å². The van der Waals surface area contributed by atoms with Crippen LogP contribution in [0.3, 0.4) is 0 Å². The van der Waals surface area contributed by atoms with E-state index in [9.17, 15) is 0 Å². The molecule has 1 N–H and O–H groups in total. The Morgan fingerprint density at radius 2 is 1.00 bits per heavy atom. The molecule has 0 amide bonds. The summed E-state index contributed by atoms with van der Waals surface area (Å²) in [4.78, 5) is 0. The van der Waals surface area contributed by atoms with E-state index < -0.39 is 0 Å². The molecule has 0 aliphatic carbocycles. The van der Waals surface area contributed by atoms with Crippen LogP contribution in [-0.2, 0) is 32.7 Å². The Kier molecular flexibility index (Phi) is 99.8. The van der Waals surface area contributed by atoms with E-state index >= 15 is 0 Å². The molecule has 0 saturated heterocycles. The molecule has 2 radical (unpaired) electrons. The van der Waals surface area contributed by atoms with Gasteiger partial charge in [0, 0.05) is 68.3 Å². The quantitative estimate of drug-likeness (QED) is 0.533. The van der Waals surface area contributed by atoms with Gasteiger partial charge in [0.15, 0.2) is 0 Å². The van der Waals surface area contributed by atoms with Gasteiger partial charge in [0.25, 0.3) is 0 Å². The van der Waals surface area contributed by atoms with Crippen molar-refractivity contribution in [3.63, 3.8) is 0 Å². The van der Waals surface area contributed by atoms with E-state index in [-0.39, 0.29) is 119 Å². The molecule has 0 heterocycles. The van der Waals surface area contributed by atoms with Crippen LogP contribution in [0.1, 0.15) is 0 Å². The molecule has 0 fully saturated rings. The molecule has 16 valence electrons. The van der Waals surface area contributed by atoms with Crippen molar-refractivity contribution in [1.82, 2.24) is 0 Å². The van der Waals surface area contributed by atoms with Crippen molar-refractivity contribution in [2.45, 2.75) is 0 Å². The molecular weight excluding hydrogens is 331 g/mol. The average Bonchev–Trinajstić information content (AvgIpc) is 0. The van der Waals surface area contributed by atoms with Crippen LogP contribution in [0.25, 0.3) is 0 Å². The third kappa shape index (κ3) is 9.22. The van der Waals surface area contributed by atoms with Gasteiger partial charge in [-0.1, -0.05) is 0 Å². The van der Waals surface area contributed by atoms with E-state index in [0.29, 0.717) is 0 Å². The van der Waals surface area contributed by atoms with E-state index in [4.69, 9.17) is 0 Å². The Morgan fingerprint density at radius 1 is 1.00 bits per heavy atom. The first-order valence-electron chi connectivity index (χ1n) is 0. The predicted octanol–water partition coefficient (Wildman–Crippen LogP) is -0.828. The molecule has 0 aliphatic rings. The standard InChI is InChI=1S/La.H2O.Sr.Y.H/h;1H2;;;/q;;+1;;/p-1. The second-order valence-electron chi connectivity index (χ2n) is 0. The van der Waals surface area contributed by atoms with Gasteiger partial charge in [0.05, 0.1) is 0 Å². The maximum absolute atomic E-state index is 0. The second-order valence-corrected chi connectivity index (χ2v) is 0. The van der Waals surface area contributed by atoms with Crippen molar-refractivity contribution in [2.75, 3.05) is 0 Å². The summed E-state index contributed by atoms with van der Waals surface area (Å²) in [6, 6.07) is 0. The van der Waals surface area contributed by atoms with Gasteiger partial charge in [-0.25, -0.2) is 0 Å². The molecule has 4 heteroatoms. The van der Waals surface area contributed by atoms with Gasteiger partial charge in [-0.15, -0.1) is 0 Å². The van der Waals surface area contributed by atoms with E-state index in [0.717, 1.165) is 0 Å². The fourth-order valence-corrected chi connectivity index (χ4v) is 0. The number of hydrogen-bond donors (Lipinski definition) is 0. The summed E-state index contributed by atoms with van der Waals surface area (Å²) < 4.78 is 0. The Bertz CT molecular complexity index is 8.00. The van der Waals surface area contributed by atoms with Crippen LogP contribution < -0.4 is 0 Å². The van der Waals surface area contributed by atoms with Crippen molar-refractivity contribution in [3.8, 4) is 0 Å². The van der Waals surface area contributed by atoms with Crippen LogP contribution in [0.2, 0.25) is 0 Å². The maximum Gasteiger partial charge on any atom is 0 e. The zero-order valence-corrected chi connectivity index (χ0v) is 14.0. The fourth-order valence-electron chi connectivity index (χ4n) is 0. The number of rotatable bonds is 0. The van der Waals surface area contributed by atoms with E-state index in [1.165, 1.54) is 0 Å². The van der Waals surface area contributed by atoms with Crippen molar-refractivity contribution < 1.29 is 73.8 Å². The largest absolute Gasteiger partial charge is 0 e. The van der Waals surface area contributed by atoms with Gasteiger partial charge in [0.2, 0.25) is 0 Å². The summed E-state index contributed by atoms with van der Waals surface area (Å²) in [5.74, 6) is 0. The summed E-state index contributed by atoms with van der Waals surface area (Å²) in [5, 5.41) is 0. The molecule has 0 unspecified atom stereocenters. The van der Waals surface area contributed by atoms with Gasteiger partial charge < -0.3 is 5.48 Å². The first-order chi connectivity index (χ1) is 0. The van der Waals surface area contributed by atoms with Crippen LogP contribution in [0, 0.1) is 35.6 Å². The molecule has 0 aromatic carbocycles. The molecule has 0 rings (SSSR count). The molecule has 0 saturated carbocycles. The monoisotopic (exact) mass is 334 g/mol. The van der Waals surface area contributed by atoms with Crippen LogP contribution in [0.4, 0.5) is 0 Å². The van der Waals surface area contributed by atoms with E-state index in [2.05, 4.69) is 0 Å². The Hall–Kier alpha value is 3.74. The van der Waals surface area contributed by atoms with Crippen molar-refractivity contribution >= 4 is 45.5 Å². The molecule has 0 atom stereocenters. The fraction of sp³-hybridized carbons (Fsp3) is 0. The molecule has 0 spiro atoms. The molecule has 0 aliphatic heterocycles. The smallest absolute Gasteiger partial charge is 0 e. The Morgan fingerprint density at radius 3 is 1.00 bits per heavy atom. The van der Waals surface area contributed by atoms with Crippen molar-refractivity contribution in [3.05, 3.63) is 0 Å². The normalized spacial score (nSPS) is 0. The zero-order valence-electron chi connectivity index (χ0n) is 2.60. The Labute approximate surface area is 116 Å². The Balaban J connectivity index is 0. The van der Waals surface area contributed by atoms with Gasteiger partial charge in [0.1, 0.15) is 0 Å². The molecule has 4 heavy (non-hydrogen) atoms. The first kappa shape index (κ1) is 25.1. The minimum Gasteiger partial charge on any atom is 0 e. The summed E-state index contributed by atoms with van der Waals surface area (Å²) in [6.45, 7) is 0. The van der Waals surface area contributed by atoms with Crippen LogP contribution >= 0.6 is 0 Å². The van der Waals surface area contributed by atoms with Gasteiger partial charge in [-0.3, -0.25) is 0 Å². The maximum atomic E-state index is 0. The minimum atomic E-state index is 0. The summed E-state index contributed by atoms with van der Waals surface area (Å²) in [6.07, 6.45) is 0. The predicted molar refractivity (Wildman–Crippen MR) is 9.08 cm³/mol. The van der Waals surface area contributed by atoms with Crippen molar-refractivity contribution in [1.29, 1.82) is 0 Å². The molecule has 0 bridgehead atoms. The SMILES string of the molecule is [La].[OH-].[SrH+].[Y].